The van der Waals surface area contributed by atoms with Gasteiger partial charge in [-0.25, -0.2) is 18.6 Å². The van der Waals surface area contributed by atoms with E-state index in [9.17, 15) is 14.7 Å². The SMILES string of the molecule is Cc1cn(C2CCN(CC3(F)CCN(CCOc4cc(N5C6CCC5CN(c5cc(-c7ccccc7O)nnc5N)C6)ccc4F)CC3)CC2)c2ncc(N3CCC(=O)NC3=O)cc12. The first-order valence-electron chi connectivity index (χ1n) is 22.6. The van der Waals surface area contributed by atoms with Crippen LogP contribution in [0.2, 0.25) is 0 Å². The fourth-order valence-electron chi connectivity index (χ4n) is 10.6. The largest absolute Gasteiger partial charge is 0.507 e. The molecule has 5 aliphatic rings. The lowest BCUT2D eigenvalue weighted by atomic mass is 9.91. The first-order valence-corrected chi connectivity index (χ1v) is 22.6. The number of pyridine rings is 1. The Labute approximate surface area is 370 Å². The van der Waals surface area contributed by atoms with Gasteiger partial charge in [0.05, 0.1) is 23.3 Å². The number of benzene rings is 2. The number of piperidine rings is 2. The van der Waals surface area contributed by atoms with Crippen molar-refractivity contribution >= 4 is 45.9 Å². The number of nitrogens with one attached hydrogen (secondary N) is 1. The number of nitrogens with zero attached hydrogens (tertiary/aromatic N) is 9. The molecule has 3 amide bonds. The number of rotatable bonds is 11. The molecule has 5 aromatic rings. The molecule has 5 fully saturated rings. The molecule has 17 heteroatoms. The van der Waals surface area contributed by atoms with E-state index >= 15 is 8.78 Å². The molecule has 15 nitrogen and oxygen atoms in total. The van der Waals surface area contributed by atoms with E-state index in [2.05, 4.69) is 45.9 Å². The van der Waals surface area contributed by atoms with Crippen LogP contribution < -0.4 is 30.5 Å². The Balaban J connectivity index is 0.693. The van der Waals surface area contributed by atoms with Crippen LogP contribution in [0.15, 0.2) is 67.0 Å². The number of piperazine rings is 1. The summed E-state index contributed by atoms with van der Waals surface area (Å²) in [6.07, 6.45) is 8.73. The molecule has 2 bridgehead atoms. The van der Waals surface area contributed by atoms with Gasteiger partial charge in [0.2, 0.25) is 5.91 Å². The Morgan fingerprint density at radius 1 is 0.906 bits per heavy atom. The van der Waals surface area contributed by atoms with Gasteiger partial charge in [-0.15, -0.1) is 10.2 Å². The molecule has 336 valence electrons. The van der Waals surface area contributed by atoms with Gasteiger partial charge in [0.1, 0.15) is 23.7 Å². The number of carbonyl (C=O) groups is 2. The molecule has 10 rings (SSSR count). The lowest BCUT2D eigenvalue weighted by molar-refractivity contribution is -0.120. The number of ether oxygens (including phenoxy) is 1. The topological polar surface area (TPSA) is 161 Å². The van der Waals surface area contributed by atoms with Crippen LogP contribution in [0.3, 0.4) is 0 Å². The summed E-state index contributed by atoms with van der Waals surface area (Å²) in [5, 5.41) is 22.3. The minimum absolute atomic E-state index is 0.131. The highest BCUT2D eigenvalue weighted by molar-refractivity contribution is 6.06. The summed E-state index contributed by atoms with van der Waals surface area (Å²) in [5.41, 5.74) is 10.6. The lowest BCUT2D eigenvalue weighted by Crippen LogP contribution is -2.54. The van der Waals surface area contributed by atoms with Gasteiger partial charge in [-0.05, 0) is 87.4 Å². The third-order valence-corrected chi connectivity index (χ3v) is 14.1. The average Bonchev–Trinajstić information content (AvgIpc) is 3.76. The van der Waals surface area contributed by atoms with Gasteiger partial charge >= 0.3 is 6.03 Å². The van der Waals surface area contributed by atoms with E-state index in [1.165, 1.54) is 6.07 Å². The number of hydrogen-bond donors (Lipinski definition) is 3. The fourth-order valence-corrected chi connectivity index (χ4v) is 10.6. The molecule has 5 aliphatic heterocycles. The van der Waals surface area contributed by atoms with E-state index in [1.54, 1.807) is 29.3 Å². The van der Waals surface area contributed by atoms with Crippen LogP contribution in [0.25, 0.3) is 22.3 Å². The zero-order chi connectivity index (χ0) is 44.1. The molecule has 0 saturated carbocycles. The highest BCUT2D eigenvalue weighted by atomic mass is 19.1. The number of anilines is 4. The van der Waals surface area contributed by atoms with Crippen molar-refractivity contribution in [3.05, 3.63) is 78.4 Å². The van der Waals surface area contributed by atoms with E-state index in [0.29, 0.717) is 88.0 Å². The predicted octanol–water partition coefficient (Wildman–Crippen LogP) is 6.05. The predicted molar refractivity (Wildman–Crippen MR) is 241 cm³/mol. The van der Waals surface area contributed by atoms with Gasteiger partial charge in [0, 0.05) is 112 Å². The summed E-state index contributed by atoms with van der Waals surface area (Å²) >= 11 is 0. The molecule has 0 radical (unpaired) electrons. The molecule has 2 aromatic carbocycles. The van der Waals surface area contributed by atoms with Crippen molar-refractivity contribution in [1.29, 1.82) is 0 Å². The molecular weight excluding hydrogens is 821 g/mol. The zero-order valence-corrected chi connectivity index (χ0v) is 36.1. The summed E-state index contributed by atoms with van der Waals surface area (Å²) in [6, 6.07) is 16.2. The van der Waals surface area contributed by atoms with Crippen molar-refractivity contribution in [3.8, 4) is 22.8 Å². The van der Waals surface area contributed by atoms with E-state index < -0.39 is 17.5 Å². The molecule has 0 aliphatic carbocycles. The second-order valence-corrected chi connectivity index (χ2v) is 18.2. The smallest absolute Gasteiger partial charge is 0.328 e. The number of phenols is 1. The molecule has 3 aromatic heterocycles. The third kappa shape index (κ3) is 8.26. The van der Waals surface area contributed by atoms with Gasteiger partial charge < -0.3 is 34.8 Å². The Kier molecular flexibility index (Phi) is 11.2. The number of fused-ring (bicyclic) bond motifs is 3. The van der Waals surface area contributed by atoms with Gasteiger partial charge in [-0.3, -0.25) is 19.9 Å². The summed E-state index contributed by atoms with van der Waals surface area (Å²) in [7, 11) is 0. The first kappa shape index (κ1) is 41.9. The summed E-state index contributed by atoms with van der Waals surface area (Å²) in [6.45, 7) is 7.94. The molecule has 64 heavy (non-hydrogen) atoms. The van der Waals surface area contributed by atoms with Crippen molar-refractivity contribution < 1.29 is 28.2 Å². The van der Waals surface area contributed by atoms with Crippen LogP contribution in [-0.4, -0.2) is 130 Å². The highest BCUT2D eigenvalue weighted by Gasteiger charge is 2.41. The van der Waals surface area contributed by atoms with Crippen molar-refractivity contribution in [2.45, 2.75) is 75.7 Å². The van der Waals surface area contributed by atoms with Crippen LogP contribution in [0.1, 0.15) is 56.6 Å². The number of aromatic hydroxyl groups is 1. The fraction of sp³-hybridized carbons (Fsp3) is 0.468. The number of nitrogens with two attached hydrogens (primary N) is 1. The maximum Gasteiger partial charge on any atom is 0.328 e. The number of hydrogen-bond acceptors (Lipinski definition) is 12. The van der Waals surface area contributed by atoms with E-state index in [4.69, 9.17) is 15.5 Å². The quantitative estimate of drug-likeness (QED) is 0.141. The lowest BCUT2D eigenvalue weighted by Gasteiger charge is -2.43. The number of likely N-dealkylation sites (tertiary alicyclic amines) is 2. The zero-order valence-electron chi connectivity index (χ0n) is 36.1. The molecular formula is C47H55F2N11O4. The van der Waals surface area contributed by atoms with Crippen LogP contribution >= 0.6 is 0 Å². The Bertz CT molecular complexity index is 2540. The van der Waals surface area contributed by atoms with Crippen molar-refractivity contribution in [2.24, 2.45) is 0 Å². The minimum atomic E-state index is -1.26. The number of nitrogen functional groups attached to an aromatic ring is 1. The van der Waals surface area contributed by atoms with Crippen LogP contribution in [0.4, 0.5) is 36.5 Å². The van der Waals surface area contributed by atoms with Gasteiger partial charge in [0.25, 0.3) is 0 Å². The van der Waals surface area contributed by atoms with E-state index in [0.717, 1.165) is 66.7 Å². The number of aryl methyl sites for hydroxylation is 1. The van der Waals surface area contributed by atoms with Crippen molar-refractivity contribution in [2.75, 3.05) is 85.9 Å². The standard InChI is InChI=1S/C47H55F2N11O4/c1-30-26-59(45-37(30)22-35(25-51-45)58-17-12-43(62)52-46(58)63)31-10-15-56(16-11-31)29-47(49)13-18-55(19-14-47)20-21-64-42-23-32(8-9-38(42)48)60-33-6-7-34(60)28-57(27-33)40-24-39(53-54-44(40)50)36-4-2-3-5-41(36)61/h2-5,8-9,22-26,31,33-34,61H,6-7,10-21,27-29H2,1H3,(H2,50,54)(H,52,62,63). The number of halogens is 2. The van der Waals surface area contributed by atoms with Gasteiger partial charge in [0.15, 0.2) is 17.4 Å². The van der Waals surface area contributed by atoms with Gasteiger partial charge in [-0.2, -0.15) is 0 Å². The second kappa shape index (κ2) is 17.1. The van der Waals surface area contributed by atoms with Gasteiger partial charge in [-0.1, -0.05) is 12.1 Å². The van der Waals surface area contributed by atoms with Crippen molar-refractivity contribution in [3.63, 3.8) is 0 Å². The Hall–Kier alpha value is -6.07. The highest BCUT2D eigenvalue weighted by Crippen LogP contribution is 2.41. The number of para-hydroxylation sites is 1. The molecule has 0 spiro atoms. The monoisotopic (exact) mass is 875 g/mol. The Morgan fingerprint density at radius 3 is 2.42 bits per heavy atom. The maximum atomic E-state index is 16.3. The number of phenolic OH excluding ortho intramolecular Hbond substituents is 1. The number of carbonyl (C=O) groups excluding carboxylic acids is 2. The van der Waals surface area contributed by atoms with E-state index in [-0.39, 0.29) is 42.0 Å². The minimum Gasteiger partial charge on any atom is -0.507 e. The van der Waals surface area contributed by atoms with E-state index in [1.807, 2.05) is 37.3 Å². The van der Waals surface area contributed by atoms with Crippen molar-refractivity contribution in [1.82, 2.24) is 34.9 Å². The average molecular weight is 876 g/mol. The summed E-state index contributed by atoms with van der Waals surface area (Å²) < 4.78 is 39.8. The number of urea groups is 1. The Morgan fingerprint density at radius 2 is 1.67 bits per heavy atom. The molecule has 5 saturated heterocycles. The molecule has 2 atom stereocenters. The number of imide groups is 1. The van der Waals surface area contributed by atoms with Crippen LogP contribution in [0, 0.1) is 12.7 Å². The van der Waals surface area contributed by atoms with Crippen LogP contribution in [0.5, 0.6) is 11.5 Å². The molecule has 4 N–H and O–H groups in total. The summed E-state index contributed by atoms with van der Waals surface area (Å²) in [5.74, 6) is 0.0289. The summed E-state index contributed by atoms with van der Waals surface area (Å²) in [4.78, 5) is 39.5. The molecule has 2 unspecified atom stereocenters. The maximum absolute atomic E-state index is 16.3. The normalized spacial score (nSPS) is 22.1. The number of aromatic nitrogens is 4. The van der Waals surface area contributed by atoms with Crippen LogP contribution in [-0.2, 0) is 4.79 Å². The third-order valence-electron chi connectivity index (χ3n) is 14.1. The number of amides is 3. The second-order valence-electron chi connectivity index (χ2n) is 18.2. The first-order chi connectivity index (χ1) is 31.0. The number of alkyl halides is 1. The molecule has 8 heterocycles.